The highest BCUT2D eigenvalue weighted by Gasteiger charge is 2.16. The van der Waals surface area contributed by atoms with E-state index in [9.17, 15) is 9.59 Å². The first-order chi connectivity index (χ1) is 10.0. The molecule has 110 valence electrons. The van der Waals surface area contributed by atoms with E-state index in [-0.39, 0.29) is 16.8 Å². The number of hydrogen-bond acceptors (Lipinski definition) is 5. The number of amides is 2. The maximum atomic E-state index is 12.1. The van der Waals surface area contributed by atoms with Gasteiger partial charge in [-0.15, -0.1) is 11.3 Å². The molecule has 0 aliphatic carbocycles. The molecule has 21 heavy (non-hydrogen) atoms. The van der Waals surface area contributed by atoms with E-state index in [0.717, 1.165) is 16.9 Å². The minimum atomic E-state index is -0.639. The van der Waals surface area contributed by atoms with Gasteiger partial charge in [0.1, 0.15) is 0 Å². The number of rotatable bonds is 4. The van der Waals surface area contributed by atoms with E-state index in [0.29, 0.717) is 10.6 Å². The number of nitrogens with one attached hydrogen (secondary N) is 2. The minimum absolute atomic E-state index is 0.254. The molecular weight excluding hydrogens is 290 g/mol. The lowest BCUT2D eigenvalue weighted by Crippen LogP contribution is -2.26. The van der Waals surface area contributed by atoms with Crippen LogP contribution in [0.5, 0.6) is 0 Å². The summed E-state index contributed by atoms with van der Waals surface area (Å²) in [6.45, 7) is 1.83. The summed E-state index contributed by atoms with van der Waals surface area (Å²) < 4.78 is 0. The summed E-state index contributed by atoms with van der Waals surface area (Å²) in [5.74, 6) is -0.938. The van der Waals surface area contributed by atoms with Crippen molar-refractivity contribution in [1.29, 1.82) is 0 Å². The van der Waals surface area contributed by atoms with Crippen LogP contribution in [-0.4, -0.2) is 17.0 Å². The third kappa shape index (κ3) is 3.39. The Morgan fingerprint density at radius 3 is 2.38 bits per heavy atom. The van der Waals surface area contributed by atoms with Gasteiger partial charge in [-0.3, -0.25) is 14.8 Å². The summed E-state index contributed by atoms with van der Waals surface area (Å²) in [4.78, 5) is 24.0. The fourth-order valence-electron chi connectivity index (χ4n) is 1.89. The number of anilines is 1. The second-order valence-corrected chi connectivity index (χ2v) is 5.51. The highest BCUT2D eigenvalue weighted by atomic mass is 32.1. The Kier molecular flexibility index (Phi) is 4.56. The monoisotopic (exact) mass is 305 g/mol. The third-order valence-electron chi connectivity index (χ3n) is 2.97. The van der Waals surface area contributed by atoms with E-state index < -0.39 is 5.91 Å². The summed E-state index contributed by atoms with van der Waals surface area (Å²) in [6.07, 6.45) is 0. The molecule has 0 unspecified atom stereocenters. The number of hydroxylamine groups is 1. The Balaban J connectivity index is 2.09. The molecule has 1 aromatic heterocycles. The second kappa shape index (κ2) is 6.38. The second-order valence-electron chi connectivity index (χ2n) is 4.43. The zero-order valence-electron chi connectivity index (χ0n) is 11.3. The Labute approximate surface area is 125 Å². The fraction of sp³-hybridized carbons (Fsp3) is 0.143. The van der Waals surface area contributed by atoms with Crippen LogP contribution in [0.25, 0.3) is 0 Å². The van der Waals surface area contributed by atoms with Crippen LogP contribution in [0, 0.1) is 0 Å². The largest absolute Gasteiger partial charge is 0.398 e. The number of carbonyl (C=O) groups is 2. The molecule has 6 nitrogen and oxygen atoms in total. The first kappa shape index (κ1) is 15.0. The predicted octanol–water partition coefficient (Wildman–Crippen LogP) is 1.94. The third-order valence-corrected chi connectivity index (χ3v) is 4.05. The van der Waals surface area contributed by atoms with E-state index in [1.165, 1.54) is 17.6 Å². The van der Waals surface area contributed by atoms with Gasteiger partial charge in [0.15, 0.2) is 0 Å². The molecule has 0 saturated heterocycles. The van der Waals surface area contributed by atoms with Crippen molar-refractivity contribution in [1.82, 2.24) is 10.8 Å². The van der Waals surface area contributed by atoms with Crippen molar-refractivity contribution in [3.63, 3.8) is 0 Å². The topological polar surface area (TPSA) is 104 Å². The van der Waals surface area contributed by atoms with E-state index >= 15 is 0 Å². The van der Waals surface area contributed by atoms with Crippen LogP contribution in [0.4, 0.5) is 5.69 Å². The lowest BCUT2D eigenvalue weighted by atomic mass is 10.1. The van der Waals surface area contributed by atoms with Crippen molar-refractivity contribution >= 4 is 28.8 Å². The lowest BCUT2D eigenvalue weighted by Gasteiger charge is -2.15. The maximum Gasteiger partial charge on any atom is 0.284 e. The Morgan fingerprint density at radius 1 is 1.14 bits per heavy atom. The molecule has 1 heterocycles. The maximum absolute atomic E-state index is 12.1. The highest BCUT2D eigenvalue weighted by molar-refractivity contribution is 7.15. The van der Waals surface area contributed by atoms with Crippen molar-refractivity contribution in [3.8, 4) is 0 Å². The zero-order chi connectivity index (χ0) is 15.4. The Bertz CT molecular complexity index is 669. The number of benzene rings is 1. The van der Waals surface area contributed by atoms with Gasteiger partial charge in [0.2, 0.25) is 0 Å². The summed E-state index contributed by atoms with van der Waals surface area (Å²) in [7, 11) is 0. The van der Waals surface area contributed by atoms with Gasteiger partial charge in [0.05, 0.1) is 15.8 Å². The SMILES string of the molecule is C[C@@H](NC(=O)c1ccc(C(=O)NO)s1)c1ccccc1N. The molecule has 0 aliphatic heterocycles. The van der Waals surface area contributed by atoms with Gasteiger partial charge >= 0.3 is 0 Å². The first-order valence-corrected chi connectivity index (χ1v) is 7.04. The molecule has 1 atom stereocenters. The number of thiophene rings is 1. The van der Waals surface area contributed by atoms with Crippen LogP contribution in [-0.2, 0) is 0 Å². The summed E-state index contributed by atoms with van der Waals surface area (Å²) >= 11 is 1.000. The summed E-state index contributed by atoms with van der Waals surface area (Å²) in [5.41, 5.74) is 8.84. The molecule has 0 radical (unpaired) electrons. The highest BCUT2D eigenvalue weighted by Crippen LogP contribution is 2.21. The van der Waals surface area contributed by atoms with Gasteiger partial charge in [-0.2, -0.15) is 0 Å². The first-order valence-electron chi connectivity index (χ1n) is 6.22. The molecule has 2 rings (SSSR count). The molecule has 2 amide bonds. The molecule has 0 fully saturated rings. The number of nitrogen functional groups attached to an aromatic ring is 1. The van der Waals surface area contributed by atoms with Gasteiger partial charge in [0, 0.05) is 5.69 Å². The molecule has 0 aliphatic rings. The molecule has 0 saturated carbocycles. The minimum Gasteiger partial charge on any atom is -0.398 e. The van der Waals surface area contributed by atoms with E-state index in [1.54, 1.807) is 6.07 Å². The average molecular weight is 305 g/mol. The van der Waals surface area contributed by atoms with Crippen molar-refractivity contribution < 1.29 is 14.8 Å². The van der Waals surface area contributed by atoms with Crippen molar-refractivity contribution in [2.75, 3.05) is 5.73 Å². The van der Waals surface area contributed by atoms with Crippen molar-refractivity contribution in [2.24, 2.45) is 0 Å². The Hall–Kier alpha value is -2.38. The number of nitrogens with two attached hydrogens (primary N) is 1. The van der Waals surface area contributed by atoms with Crippen LogP contribution in [0.1, 0.15) is 37.9 Å². The predicted molar refractivity (Wildman–Crippen MR) is 80.3 cm³/mol. The molecular formula is C14H15N3O3S. The summed E-state index contributed by atoms with van der Waals surface area (Å²) in [6, 6.07) is 10.1. The lowest BCUT2D eigenvalue weighted by molar-refractivity contribution is 0.0711. The van der Waals surface area contributed by atoms with Gasteiger partial charge in [-0.1, -0.05) is 18.2 Å². The van der Waals surface area contributed by atoms with Crippen LogP contribution < -0.4 is 16.5 Å². The van der Waals surface area contributed by atoms with E-state index in [4.69, 9.17) is 10.9 Å². The quantitative estimate of drug-likeness (QED) is 0.393. The standard InChI is InChI=1S/C14H15N3O3S/c1-8(9-4-2-3-5-10(9)15)16-13(18)11-6-7-12(21-11)14(19)17-20/h2-8,20H,15H2,1H3,(H,16,18)(H,17,19)/t8-/m1/s1. The van der Waals surface area contributed by atoms with Crippen LogP contribution in [0.15, 0.2) is 36.4 Å². The molecule has 5 N–H and O–H groups in total. The molecule has 0 bridgehead atoms. The fourth-order valence-corrected chi connectivity index (χ4v) is 2.69. The smallest absolute Gasteiger partial charge is 0.284 e. The van der Waals surface area contributed by atoms with Crippen LogP contribution in [0.2, 0.25) is 0 Å². The van der Waals surface area contributed by atoms with Gasteiger partial charge in [-0.05, 0) is 30.7 Å². The molecule has 1 aromatic carbocycles. The van der Waals surface area contributed by atoms with Gasteiger partial charge in [-0.25, -0.2) is 5.48 Å². The van der Waals surface area contributed by atoms with E-state index in [2.05, 4.69) is 5.32 Å². The van der Waals surface area contributed by atoms with E-state index in [1.807, 2.05) is 25.1 Å². The molecule has 7 heteroatoms. The Morgan fingerprint density at radius 2 is 1.76 bits per heavy atom. The van der Waals surface area contributed by atoms with Gasteiger partial charge < -0.3 is 11.1 Å². The number of para-hydroxylation sites is 1. The van der Waals surface area contributed by atoms with Crippen molar-refractivity contribution in [2.45, 2.75) is 13.0 Å². The van der Waals surface area contributed by atoms with Crippen LogP contribution in [0.3, 0.4) is 0 Å². The number of hydrogen-bond donors (Lipinski definition) is 4. The molecule has 0 spiro atoms. The van der Waals surface area contributed by atoms with Crippen LogP contribution >= 0.6 is 11.3 Å². The molecule has 2 aromatic rings. The normalized spacial score (nSPS) is 11.7. The number of carbonyl (C=O) groups excluding carboxylic acids is 2. The average Bonchev–Trinajstić information content (AvgIpc) is 2.96. The summed E-state index contributed by atoms with van der Waals surface area (Å²) in [5, 5.41) is 11.4. The van der Waals surface area contributed by atoms with Crippen molar-refractivity contribution in [3.05, 3.63) is 51.7 Å². The van der Waals surface area contributed by atoms with Gasteiger partial charge in [0.25, 0.3) is 11.8 Å². The zero-order valence-corrected chi connectivity index (χ0v) is 12.1.